The van der Waals surface area contributed by atoms with Gasteiger partial charge in [0.1, 0.15) is 16.5 Å². The summed E-state index contributed by atoms with van der Waals surface area (Å²) in [5, 5.41) is 0.739. The van der Waals surface area contributed by atoms with Crippen molar-refractivity contribution in [1.82, 2.24) is 0 Å². The van der Waals surface area contributed by atoms with Gasteiger partial charge in [0.05, 0.1) is 10.6 Å². The lowest BCUT2D eigenvalue weighted by Gasteiger charge is -2.09. The highest BCUT2D eigenvalue weighted by molar-refractivity contribution is 6.42. The van der Waals surface area contributed by atoms with Gasteiger partial charge in [-0.05, 0) is 24.3 Å². The van der Waals surface area contributed by atoms with E-state index in [-0.39, 0.29) is 0 Å². The summed E-state index contributed by atoms with van der Waals surface area (Å²) in [5.74, 6) is 0.875. The number of para-hydroxylation sites is 1. The minimum atomic E-state index is 0.329. The third kappa shape index (κ3) is 2.60. The van der Waals surface area contributed by atoms with Crippen LogP contribution >= 0.6 is 23.2 Å². The molecule has 2 aromatic rings. The van der Waals surface area contributed by atoms with Crippen molar-refractivity contribution < 1.29 is 9.53 Å². The number of ether oxygens (including phenoxy) is 1. The molecule has 0 atom stereocenters. The quantitative estimate of drug-likeness (QED) is 0.760. The molecule has 0 spiro atoms. The Morgan fingerprint density at radius 2 is 1.65 bits per heavy atom. The first kappa shape index (κ1) is 12.0. The zero-order valence-electron chi connectivity index (χ0n) is 8.69. The fourth-order valence-corrected chi connectivity index (χ4v) is 1.68. The average molecular weight is 267 g/mol. The minimum Gasteiger partial charge on any atom is -0.455 e. The van der Waals surface area contributed by atoms with Gasteiger partial charge in [-0.25, -0.2) is 0 Å². The average Bonchev–Trinajstić information content (AvgIpc) is 2.35. The van der Waals surface area contributed by atoms with Crippen LogP contribution in [0, 0.1) is 0 Å². The number of aldehydes is 1. The molecule has 4 heteroatoms. The number of hydrogen-bond donors (Lipinski definition) is 0. The Morgan fingerprint density at radius 1 is 0.941 bits per heavy atom. The van der Waals surface area contributed by atoms with Gasteiger partial charge in [0.2, 0.25) is 0 Å². The molecular weight excluding hydrogens is 259 g/mol. The molecule has 2 nitrogen and oxygen atoms in total. The highest BCUT2D eigenvalue weighted by atomic mass is 35.5. The molecule has 2 rings (SSSR count). The number of carbonyl (C=O) groups is 1. The van der Waals surface area contributed by atoms with Crippen LogP contribution < -0.4 is 4.74 Å². The zero-order chi connectivity index (χ0) is 12.3. The maximum Gasteiger partial charge on any atom is 0.153 e. The summed E-state index contributed by atoms with van der Waals surface area (Å²) >= 11 is 11.9. The molecule has 0 aliphatic rings. The molecule has 0 saturated heterocycles. The van der Waals surface area contributed by atoms with Crippen LogP contribution in [0.2, 0.25) is 10.0 Å². The van der Waals surface area contributed by atoms with Gasteiger partial charge < -0.3 is 4.74 Å². The van der Waals surface area contributed by atoms with Crippen LogP contribution in [0.15, 0.2) is 42.5 Å². The van der Waals surface area contributed by atoms with E-state index in [1.807, 2.05) is 0 Å². The van der Waals surface area contributed by atoms with E-state index >= 15 is 0 Å². The Balaban J connectivity index is 2.38. The molecule has 2 aromatic carbocycles. The molecule has 0 aliphatic heterocycles. The van der Waals surface area contributed by atoms with Gasteiger partial charge in [0.25, 0.3) is 0 Å². The van der Waals surface area contributed by atoms with Crippen LogP contribution in [0.5, 0.6) is 11.5 Å². The van der Waals surface area contributed by atoms with E-state index in [1.54, 1.807) is 42.5 Å². The number of rotatable bonds is 3. The van der Waals surface area contributed by atoms with Gasteiger partial charge in [0.15, 0.2) is 6.29 Å². The second-order valence-electron chi connectivity index (χ2n) is 3.31. The van der Waals surface area contributed by atoms with Crippen molar-refractivity contribution >= 4 is 29.5 Å². The van der Waals surface area contributed by atoms with Crippen molar-refractivity contribution in [2.75, 3.05) is 0 Å². The molecule has 0 amide bonds. The topological polar surface area (TPSA) is 26.3 Å². The molecule has 86 valence electrons. The molecule has 0 unspecified atom stereocenters. The molecule has 0 N–H and O–H groups in total. The molecule has 0 aliphatic carbocycles. The predicted molar refractivity (Wildman–Crippen MR) is 68.4 cm³/mol. The summed E-state index contributed by atoms with van der Waals surface area (Å²) in [7, 11) is 0. The maximum atomic E-state index is 10.8. The highest BCUT2D eigenvalue weighted by Crippen LogP contribution is 2.35. The highest BCUT2D eigenvalue weighted by Gasteiger charge is 2.08. The van der Waals surface area contributed by atoms with Gasteiger partial charge in [-0.2, -0.15) is 0 Å². The number of hydrogen-bond acceptors (Lipinski definition) is 2. The Kier molecular flexibility index (Phi) is 3.67. The second-order valence-corrected chi connectivity index (χ2v) is 4.09. The molecule has 0 bridgehead atoms. The predicted octanol–water partition coefficient (Wildman–Crippen LogP) is 4.60. The summed E-state index contributed by atoms with van der Waals surface area (Å²) in [5.41, 5.74) is 0.462. The first-order valence-electron chi connectivity index (χ1n) is 4.88. The number of halogens is 2. The first-order chi connectivity index (χ1) is 8.22. The van der Waals surface area contributed by atoms with E-state index in [0.29, 0.717) is 27.1 Å². The van der Waals surface area contributed by atoms with Crippen molar-refractivity contribution in [2.24, 2.45) is 0 Å². The first-order valence-corrected chi connectivity index (χ1v) is 5.64. The van der Waals surface area contributed by atoms with E-state index < -0.39 is 0 Å². The van der Waals surface area contributed by atoms with Gasteiger partial charge >= 0.3 is 0 Å². The van der Waals surface area contributed by atoms with Crippen LogP contribution in [0.25, 0.3) is 0 Å². The van der Waals surface area contributed by atoms with Gasteiger partial charge in [-0.1, -0.05) is 41.4 Å². The summed E-state index contributed by atoms with van der Waals surface area (Å²) in [6.45, 7) is 0. The van der Waals surface area contributed by atoms with E-state index in [2.05, 4.69) is 0 Å². The van der Waals surface area contributed by atoms with E-state index in [0.717, 1.165) is 6.29 Å². The standard InChI is InChI=1S/C13H8Cl2O2/c14-10-5-3-7-12(13(10)15)17-11-6-2-1-4-9(11)8-16/h1-8H. The summed E-state index contributed by atoms with van der Waals surface area (Å²) < 4.78 is 5.56. The Hall–Kier alpha value is -1.51. The van der Waals surface area contributed by atoms with Crippen LogP contribution in [-0.4, -0.2) is 6.29 Å². The van der Waals surface area contributed by atoms with Gasteiger partial charge in [0, 0.05) is 0 Å². The van der Waals surface area contributed by atoms with Crippen molar-refractivity contribution in [1.29, 1.82) is 0 Å². The maximum absolute atomic E-state index is 10.8. The largest absolute Gasteiger partial charge is 0.455 e. The molecule has 0 radical (unpaired) electrons. The zero-order valence-corrected chi connectivity index (χ0v) is 10.2. The minimum absolute atomic E-state index is 0.329. The molecule has 0 saturated carbocycles. The third-order valence-electron chi connectivity index (χ3n) is 2.18. The van der Waals surface area contributed by atoms with Crippen LogP contribution in [0.4, 0.5) is 0 Å². The second kappa shape index (κ2) is 5.21. The summed E-state index contributed by atoms with van der Waals surface area (Å²) in [6, 6.07) is 12.0. The van der Waals surface area contributed by atoms with Crippen LogP contribution in [0.3, 0.4) is 0 Å². The molecular formula is C13H8Cl2O2. The monoisotopic (exact) mass is 266 g/mol. The Morgan fingerprint density at radius 3 is 2.41 bits per heavy atom. The van der Waals surface area contributed by atoms with E-state index in [1.165, 1.54) is 0 Å². The van der Waals surface area contributed by atoms with Crippen molar-refractivity contribution in [2.45, 2.75) is 0 Å². The lowest BCUT2D eigenvalue weighted by molar-refractivity contribution is 0.112. The lowest BCUT2D eigenvalue weighted by atomic mass is 10.2. The smallest absolute Gasteiger partial charge is 0.153 e. The Labute approximate surface area is 109 Å². The van der Waals surface area contributed by atoms with Crippen molar-refractivity contribution in [3.63, 3.8) is 0 Å². The lowest BCUT2D eigenvalue weighted by Crippen LogP contribution is -1.90. The van der Waals surface area contributed by atoms with Crippen LogP contribution in [0.1, 0.15) is 10.4 Å². The summed E-state index contributed by atoms with van der Waals surface area (Å²) in [6.07, 6.45) is 0.730. The molecule has 0 heterocycles. The molecule has 0 aromatic heterocycles. The SMILES string of the molecule is O=Cc1ccccc1Oc1cccc(Cl)c1Cl. The molecule has 17 heavy (non-hydrogen) atoms. The fraction of sp³-hybridized carbons (Fsp3) is 0. The van der Waals surface area contributed by atoms with Crippen LogP contribution in [-0.2, 0) is 0 Å². The number of benzene rings is 2. The summed E-state index contributed by atoms with van der Waals surface area (Å²) in [4.78, 5) is 10.8. The normalized spacial score (nSPS) is 10.0. The van der Waals surface area contributed by atoms with Gasteiger partial charge in [-0.3, -0.25) is 4.79 Å². The fourth-order valence-electron chi connectivity index (χ4n) is 1.35. The van der Waals surface area contributed by atoms with Crippen molar-refractivity contribution in [3.8, 4) is 11.5 Å². The molecule has 0 fully saturated rings. The van der Waals surface area contributed by atoms with Gasteiger partial charge in [-0.15, -0.1) is 0 Å². The van der Waals surface area contributed by atoms with Crippen molar-refractivity contribution in [3.05, 3.63) is 58.1 Å². The van der Waals surface area contributed by atoms with E-state index in [9.17, 15) is 4.79 Å². The van der Waals surface area contributed by atoms with E-state index in [4.69, 9.17) is 27.9 Å². The third-order valence-corrected chi connectivity index (χ3v) is 2.98. The Bertz CT molecular complexity index is 553. The number of carbonyl (C=O) groups excluding carboxylic acids is 1.